The number of carbonyl (C=O) groups excluding carboxylic acids is 1. The molecule has 0 spiro atoms. The van der Waals surface area contributed by atoms with Crippen LogP contribution in [-0.2, 0) is 9.53 Å². The largest absolute Gasteiger partial charge is 0.385 e. The molecular weight excluding hydrogens is 212 g/mol. The molecule has 2 unspecified atom stereocenters. The van der Waals surface area contributed by atoms with Gasteiger partial charge in [0.25, 0.3) is 0 Å². The van der Waals surface area contributed by atoms with E-state index < -0.39 is 6.04 Å². The second-order valence-corrected chi connectivity index (χ2v) is 4.52. The molecule has 0 aromatic carbocycles. The number of nitrogens with one attached hydrogen (secondary N) is 1. The third-order valence-corrected chi connectivity index (χ3v) is 2.84. The lowest BCUT2D eigenvalue weighted by atomic mass is 10.1. The molecule has 0 fully saturated rings. The monoisotopic (exact) mass is 234 g/mol. The quantitative estimate of drug-likeness (QED) is 0.604. The zero-order valence-electron chi connectivity index (χ0n) is 9.79. The first-order valence-corrected chi connectivity index (χ1v) is 6.55. The van der Waals surface area contributed by atoms with Crippen molar-refractivity contribution < 1.29 is 9.53 Å². The Morgan fingerprint density at radius 2 is 2.27 bits per heavy atom. The van der Waals surface area contributed by atoms with Crippen molar-refractivity contribution in [2.24, 2.45) is 5.73 Å². The van der Waals surface area contributed by atoms with E-state index in [1.165, 1.54) is 0 Å². The van der Waals surface area contributed by atoms with E-state index >= 15 is 0 Å². The lowest BCUT2D eigenvalue weighted by molar-refractivity contribution is -0.123. The standard InChI is InChI=1S/C10H22N2O2S/c1-8(7-15-3)12-10(13)9(11)5-4-6-14-2/h8-9H,4-7,11H2,1-3H3,(H,12,13). The molecule has 90 valence electrons. The van der Waals surface area contributed by atoms with E-state index in [0.717, 1.165) is 12.2 Å². The number of thioether (sulfide) groups is 1. The average molecular weight is 234 g/mol. The van der Waals surface area contributed by atoms with E-state index in [1.54, 1.807) is 18.9 Å². The van der Waals surface area contributed by atoms with Crippen molar-refractivity contribution in [1.82, 2.24) is 5.32 Å². The van der Waals surface area contributed by atoms with Gasteiger partial charge < -0.3 is 15.8 Å². The summed E-state index contributed by atoms with van der Waals surface area (Å²) in [6, 6.07) is -0.231. The Bertz CT molecular complexity index is 179. The number of nitrogens with two attached hydrogens (primary N) is 1. The molecule has 0 bridgehead atoms. The van der Waals surface area contributed by atoms with Crippen LogP contribution in [0.15, 0.2) is 0 Å². The molecule has 0 heterocycles. The number of hydrogen-bond acceptors (Lipinski definition) is 4. The van der Waals surface area contributed by atoms with Gasteiger partial charge in [-0.2, -0.15) is 11.8 Å². The van der Waals surface area contributed by atoms with Crippen LogP contribution in [0.1, 0.15) is 19.8 Å². The predicted molar refractivity (Wildman–Crippen MR) is 65.1 cm³/mol. The smallest absolute Gasteiger partial charge is 0.237 e. The molecule has 0 aliphatic heterocycles. The number of ether oxygens (including phenoxy) is 1. The minimum absolute atomic E-state index is 0.0624. The first-order chi connectivity index (χ1) is 7.11. The van der Waals surface area contributed by atoms with Crippen molar-refractivity contribution in [3.8, 4) is 0 Å². The topological polar surface area (TPSA) is 64.3 Å². The van der Waals surface area contributed by atoms with Gasteiger partial charge in [0.1, 0.15) is 0 Å². The lowest BCUT2D eigenvalue weighted by Crippen LogP contribution is -2.45. The second-order valence-electron chi connectivity index (χ2n) is 3.61. The van der Waals surface area contributed by atoms with Crippen LogP contribution in [0.25, 0.3) is 0 Å². The molecule has 5 heteroatoms. The summed E-state index contributed by atoms with van der Waals surface area (Å²) in [5.74, 6) is 0.851. The summed E-state index contributed by atoms with van der Waals surface area (Å²) >= 11 is 1.71. The number of rotatable bonds is 8. The van der Waals surface area contributed by atoms with Crippen LogP contribution in [-0.4, -0.2) is 43.7 Å². The maximum Gasteiger partial charge on any atom is 0.237 e. The fourth-order valence-electron chi connectivity index (χ4n) is 1.22. The van der Waals surface area contributed by atoms with Gasteiger partial charge in [0.2, 0.25) is 5.91 Å². The average Bonchev–Trinajstić information content (AvgIpc) is 2.18. The number of hydrogen-bond donors (Lipinski definition) is 2. The van der Waals surface area contributed by atoms with Crippen molar-refractivity contribution in [3.05, 3.63) is 0 Å². The summed E-state index contributed by atoms with van der Waals surface area (Å²) in [7, 11) is 1.64. The summed E-state index contributed by atoms with van der Waals surface area (Å²) < 4.78 is 4.90. The first-order valence-electron chi connectivity index (χ1n) is 5.15. The van der Waals surface area contributed by atoms with Gasteiger partial charge in [-0.3, -0.25) is 4.79 Å². The third kappa shape index (κ3) is 7.64. The summed E-state index contributed by atoms with van der Waals surface area (Å²) in [4.78, 5) is 11.5. The molecule has 2 atom stereocenters. The minimum Gasteiger partial charge on any atom is -0.385 e. The normalized spacial score (nSPS) is 14.7. The minimum atomic E-state index is -0.413. The number of amides is 1. The van der Waals surface area contributed by atoms with Crippen molar-refractivity contribution in [2.75, 3.05) is 25.7 Å². The molecule has 0 saturated carbocycles. The zero-order valence-corrected chi connectivity index (χ0v) is 10.6. The van der Waals surface area contributed by atoms with Crippen LogP contribution in [0, 0.1) is 0 Å². The van der Waals surface area contributed by atoms with E-state index in [9.17, 15) is 4.79 Å². The molecule has 0 saturated heterocycles. The molecule has 3 N–H and O–H groups in total. The fraction of sp³-hybridized carbons (Fsp3) is 0.900. The van der Waals surface area contributed by atoms with Gasteiger partial charge in [-0.15, -0.1) is 0 Å². The van der Waals surface area contributed by atoms with Crippen LogP contribution >= 0.6 is 11.8 Å². The highest BCUT2D eigenvalue weighted by molar-refractivity contribution is 7.98. The van der Waals surface area contributed by atoms with Gasteiger partial charge in [0, 0.05) is 25.5 Å². The highest BCUT2D eigenvalue weighted by Crippen LogP contribution is 1.99. The maximum atomic E-state index is 11.5. The number of methoxy groups -OCH3 is 1. The van der Waals surface area contributed by atoms with E-state index in [1.807, 2.05) is 13.2 Å². The van der Waals surface area contributed by atoms with E-state index in [2.05, 4.69) is 5.32 Å². The molecule has 0 aliphatic carbocycles. The number of carbonyl (C=O) groups is 1. The van der Waals surface area contributed by atoms with Crippen LogP contribution in [0.4, 0.5) is 0 Å². The molecule has 4 nitrogen and oxygen atoms in total. The highest BCUT2D eigenvalue weighted by Gasteiger charge is 2.14. The van der Waals surface area contributed by atoms with Crippen molar-refractivity contribution in [1.29, 1.82) is 0 Å². The van der Waals surface area contributed by atoms with Gasteiger partial charge in [-0.1, -0.05) is 0 Å². The van der Waals surface area contributed by atoms with Gasteiger partial charge in [-0.05, 0) is 26.0 Å². The van der Waals surface area contributed by atoms with E-state index in [4.69, 9.17) is 10.5 Å². The summed E-state index contributed by atoms with van der Waals surface area (Å²) in [5.41, 5.74) is 5.73. The van der Waals surface area contributed by atoms with E-state index in [-0.39, 0.29) is 11.9 Å². The molecule has 15 heavy (non-hydrogen) atoms. The SMILES string of the molecule is COCCCC(N)C(=O)NC(C)CSC. The molecule has 1 amide bonds. The van der Waals surface area contributed by atoms with E-state index in [0.29, 0.717) is 13.0 Å². The van der Waals surface area contributed by atoms with Crippen molar-refractivity contribution >= 4 is 17.7 Å². The van der Waals surface area contributed by atoms with Gasteiger partial charge >= 0.3 is 0 Å². The zero-order chi connectivity index (χ0) is 11.7. The van der Waals surface area contributed by atoms with Crippen molar-refractivity contribution in [2.45, 2.75) is 31.8 Å². The molecular formula is C10H22N2O2S. The first kappa shape index (κ1) is 14.7. The fourth-order valence-corrected chi connectivity index (χ4v) is 1.80. The Morgan fingerprint density at radius 1 is 1.60 bits per heavy atom. The molecule has 0 aliphatic rings. The predicted octanol–water partition coefficient (Wildman–Crippen LogP) is 0.608. The molecule has 0 aromatic rings. The van der Waals surface area contributed by atoms with Crippen LogP contribution in [0.5, 0.6) is 0 Å². The lowest BCUT2D eigenvalue weighted by Gasteiger charge is -2.16. The summed E-state index contributed by atoms with van der Waals surface area (Å²) in [6.45, 7) is 2.64. The summed E-state index contributed by atoms with van der Waals surface area (Å²) in [6.07, 6.45) is 3.51. The molecule has 0 rings (SSSR count). The Kier molecular flexibility index (Phi) is 8.85. The Hall–Kier alpha value is -0.260. The highest BCUT2D eigenvalue weighted by atomic mass is 32.2. The van der Waals surface area contributed by atoms with Crippen LogP contribution in [0.2, 0.25) is 0 Å². The summed E-state index contributed by atoms with van der Waals surface area (Å²) in [5, 5.41) is 2.88. The van der Waals surface area contributed by atoms with Crippen LogP contribution < -0.4 is 11.1 Å². The second kappa shape index (κ2) is 9.00. The van der Waals surface area contributed by atoms with Crippen molar-refractivity contribution in [3.63, 3.8) is 0 Å². The van der Waals surface area contributed by atoms with Gasteiger partial charge in [-0.25, -0.2) is 0 Å². The molecule has 0 radical (unpaired) electrons. The van der Waals surface area contributed by atoms with Gasteiger partial charge in [0.15, 0.2) is 0 Å². The van der Waals surface area contributed by atoms with Gasteiger partial charge in [0.05, 0.1) is 6.04 Å². The Morgan fingerprint density at radius 3 is 2.80 bits per heavy atom. The Labute approximate surface area is 96.3 Å². The Balaban J connectivity index is 3.68. The van der Waals surface area contributed by atoms with Crippen LogP contribution in [0.3, 0.4) is 0 Å². The maximum absolute atomic E-state index is 11.5. The molecule has 0 aromatic heterocycles. The third-order valence-electron chi connectivity index (χ3n) is 2.01.